The zero-order chi connectivity index (χ0) is 23.8. The summed E-state index contributed by atoms with van der Waals surface area (Å²) in [4.78, 5) is 29.6. The molecule has 0 aliphatic carbocycles. The molecule has 0 saturated carbocycles. The number of hydrogen-bond acceptors (Lipinski definition) is 3. The van der Waals surface area contributed by atoms with Crippen molar-refractivity contribution in [3.05, 3.63) is 116 Å². The third kappa shape index (κ3) is 4.08. The highest BCUT2D eigenvalue weighted by Crippen LogP contribution is 2.33. The van der Waals surface area contributed by atoms with E-state index in [1.165, 1.54) is 11.8 Å². The lowest BCUT2D eigenvalue weighted by atomic mass is 9.96. The van der Waals surface area contributed by atoms with Crippen LogP contribution in [0.25, 0.3) is 21.5 Å². The van der Waals surface area contributed by atoms with Gasteiger partial charge in [-0.2, -0.15) is 0 Å². The molecule has 0 aliphatic heterocycles. The van der Waals surface area contributed by atoms with Gasteiger partial charge in [0.1, 0.15) is 0 Å². The van der Waals surface area contributed by atoms with Crippen molar-refractivity contribution in [3.63, 3.8) is 0 Å². The van der Waals surface area contributed by atoms with E-state index in [2.05, 4.69) is 67.4 Å². The first-order valence-electron chi connectivity index (χ1n) is 11.5. The topological polar surface area (TPSA) is 54.9 Å². The summed E-state index contributed by atoms with van der Waals surface area (Å²) in [5.74, 6) is 0. The molecular weight excluding hydrogens is 440 g/mol. The van der Waals surface area contributed by atoms with Crippen molar-refractivity contribution in [2.75, 3.05) is 0 Å². The highest BCUT2D eigenvalue weighted by Gasteiger charge is 2.18. The Balaban J connectivity index is 1.76. The lowest BCUT2D eigenvalue weighted by molar-refractivity contribution is 0.639. The number of H-pyrrole nitrogens is 1. The highest BCUT2D eigenvalue weighted by atomic mass is 32.2. The zero-order valence-electron chi connectivity index (χ0n) is 19.5. The fourth-order valence-corrected chi connectivity index (χ4v) is 6.04. The Labute approximate surface area is 202 Å². The molecule has 1 N–H and O–H groups in total. The van der Waals surface area contributed by atoms with Crippen LogP contribution in [-0.4, -0.2) is 9.55 Å². The SMILES string of the molecule is CCc1c(Sc2cc(C)cc(C)c2)n(Cc2c3ccccc3cc3ccccc23)c(=O)[nH]c1=O. The predicted octanol–water partition coefficient (Wildman–Crippen LogP) is 6.22. The molecule has 0 unspecified atom stereocenters. The molecular formula is C29H26N2O2S. The van der Waals surface area contributed by atoms with Gasteiger partial charge in [-0.05, 0) is 76.7 Å². The Bertz CT molecular complexity index is 1590. The maximum absolute atomic E-state index is 13.2. The second kappa shape index (κ2) is 8.99. The minimum absolute atomic E-state index is 0.307. The molecule has 4 nitrogen and oxygen atoms in total. The number of aryl methyl sites for hydroxylation is 2. The zero-order valence-corrected chi connectivity index (χ0v) is 20.3. The Morgan fingerprint density at radius 2 is 1.38 bits per heavy atom. The lowest BCUT2D eigenvalue weighted by Gasteiger charge is -2.18. The van der Waals surface area contributed by atoms with Gasteiger partial charge in [-0.1, -0.05) is 73.3 Å². The van der Waals surface area contributed by atoms with E-state index in [1.54, 1.807) is 4.57 Å². The number of nitrogens with zero attached hydrogens (tertiary/aromatic N) is 1. The van der Waals surface area contributed by atoms with Gasteiger partial charge in [-0.25, -0.2) is 4.79 Å². The summed E-state index contributed by atoms with van der Waals surface area (Å²) in [5.41, 5.74) is 3.32. The van der Waals surface area contributed by atoms with Gasteiger partial charge < -0.3 is 0 Å². The fourth-order valence-electron chi connectivity index (χ4n) is 4.70. The smallest absolute Gasteiger partial charge is 0.283 e. The van der Waals surface area contributed by atoms with E-state index < -0.39 is 0 Å². The largest absolute Gasteiger partial charge is 0.329 e. The van der Waals surface area contributed by atoms with E-state index in [0.717, 1.165) is 43.1 Å². The number of aromatic nitrogens is 2. The molecule has 0 aliphatic rings. The first-order chi connectivity index (χ1) is 16.4. The van der Waals surface area contributed by atoms with Crippen LogP contribution in [0, 0.1) is 13.8 Å². The molecule has 1 aromatic heterocycles. The third-order valence-corrected chi connectivity index (χ3v) is 7.34. The number of fused-ring (bicyclic) bond motifs is 2. The molecule has 1 heterocycles. The predicted molar refractivity (Wildman–Crippen MR) is 141 cm³/mol. The summed E-state index contributed by atoms with van der Waals surface area (Å²) in [6.07, 6.45) is 0.541. The Morgan fingerprint density at radius 1 is 0.794 bits per heavy atom. The van der Waals surface area contributed by atoms with Gasteiger partial charge >= 0.3 is 5.69 Å². The van der Waals surface area contributed by atoms with Gasteiger partial charge in [0.05, 0.1) is 11.6 Å². The van der Waals surface area contributed by atoms with E-state index in [1.807, 2.05) is 31.2 Å². The van der Waals surface area contributed by atoms with E-state index in [-0.39, 0.29) is 11.2 Å². The lowest BCUT2D eigenvalue weighted by Crippen LogP contribution is -2.34. The van der Waals surface area contributed by atoms with Crippen molar-refractivity contribution < 1.29 is 0 Å². The van der Waals surface area contributed by atoms with Crippen molar-refractivity contribution in [2.45, 2.75) is 43.7 Å². The molecule has 34 heavy (non-hydrogen) atoms. The number of hydrogen-bond donors (Lipinski definition) is 1. The van der Waals surface area contributed by atoms with Crippen LogP contribution >= 0.6 is 11.8 Å². The second-order valence-corrected chi connectivity index (χ2v) is 9.77. The standard InChI is InChI=1S/C29H26N2O2S/c1-4-23-27(32)30-29(33)31(28(23)34-22-14-18(2)13-19(3)15-22)17-26-24-11-7-5-9-20(24)16-21-10-6-8-12-25(21)26/h5-16H,4,17H2,1-3H3,(H,30,32,33). The van der Waals surface area contributed by atoms with Crippen molar-refractivity contribution in [1.29, 1.82) is 0 Å². The second-order valence-electron chi connectivity index (χ2n) is 8.71. The van der Waals surface area contributed by atoms with Gasteiger partial charge in [0.2, 0.25) is 0 Å². The van der Waals surface area contributed by atoms with Crippen molar-refractivity contribution in [1.82, 2.24) is 9.55 Å². The summed E-state index contributed by atoms with van der Waals surface area (Å²) >= 11 is 1.50. The summed E-state index contributed by atoms with van der Waals surface area (Å²) < 4.78 is 1.73. The monoisotopic (exact) mass is 466 g/mol. The van der Waals surface area contributed by atoms with Crippen molar-refractivity contribution in [2.24, 2.45) is 0 Å². The molecule has 5 aromatic rings. The van der Waals surface area contributed by atoms with Gasteiger partial charge in [-0.15, -0.1) is 0 Å². The summed E-state index contributed by atoms with van der Waals surface area (Å²) in [6, 6.07) is 25.0. The van der Waals surface area contributed by atoms with Crippen molar-refractivity contribution in [3.8, 4) is 0 Å². The van der Waals surface area contributed by atoms with E-state index in [4.69, 9.17) is 0 Å². The average Bonchev–Trinajstić information content (AvgIpc) is 2.80. The van der Waals surface area contributed by atoms with Crippen LogP contribution in [0.3, 0.4) is 0 Å². The van der Waals surface area contributed by atoms with Crippen LogP contribution in [0.15, 0.2) is 92.3 Å². The van der Waals surface area contributed by atoms with Crippen LogP contribution in [0.5, 0.6) is 0 Å². The molecule has 4 aromatic carbocycles. The third-order valence-electron chi connectivity index (χ3n) is 6.21. The quantitative estimate of drug-likeness (QED) is 0.247. The number of rotatable bonds is 5. The number of nitrogens with one attached hydrogen (secondary N) is 1. The maximum atomic E-state index is 13.2. The van der Waals surface area contributed by atoms with Gasteiger partial charge in [0, 0.05) is 10.5 Å². The number of benzene rings is 4. The van der Waals surface area contributed by atoms with Gasteiger partial charge in [-0.3, -0.25) is 14.3 Å². The Hall–Kier alpha value is -3.57. The molecule has 170 valence electrons. The van der Waals surface area contributed by atoms with Gasteiger partial charge in [0.15, 0.2) is 0 Å². The number of aromatic amines is 1. The molecule has 0 saturated heterocycles. The van der Waals surface area contributed by atoms with Crippen LogP contribution in [0.4, 0.5) is 0 Å². The molecule has 0 atom stereocenters. The van der Waals surface area contributed by atoms with Crippen LogP contribution < -0.4 is 11.2 Å². The molecule has 0 radical (unpaired) electrons. The molecule has 0 fully saturated rings. The first kappa shape index (κ1) is 22.2. The van der Waals surface area contributed by atoms with E-state index in [0.29, 0.717) is 23.6 Å². The first-order valence-corrected chi connectivity index (χ1v) is 12.3. The normalized spacial score (nSPS) is 11.4. The van der Waals surface area contributed by atoms with Crippen LogP contribution in [0.1, 0.15) is 29.2 Å². The van der Waals surface area contributed by atoms with E-state index >= 15 is 0 Å². The van der Waals surface area contributed by atoms with Crippen LogP contribution in [0.2, 0.25) is 0 Å². The summed E-state index contributed by atoms with van der Waals surface area (Å²) in [6.45, 7) is 6.45. The Morgan fingerprint density at radius 3 is 1.97 bits per heavy atom. The summed E-state index contributed by atoms with van der Waals surface area (Å²) in [7, 11) is 0. The molecule has 0 spiro atoms. The van der Waals surface area contributed by atoms with Crippen molar-refractivity contribution >= 4 is 33.3 Å². The Kier molecular flexibility index (Phi) is 5.88. The highest BCUT2D eigenvalue weighted by molar-refractivity contribution is 7.99. The molecule has 5 heteroatoms. The molecule has 0 bridgehead atoms. The van der Waals surface area contributed by atoms with E-state index in [9.17, 15) is 9.59 Å². The fraction of sp³-hybridized carbons (Fsp3) is 0.172. The minimum Gasteiger partial charge on any atom is -0.283 e. The minimum atomic E-state index is -0.383. The van der Waals surface area contributed by atoms with Gasteiger partial charge in [0.25, 0.3) is 5.56 Å². The van der Waals surface area contributed by atoms with Crippen LogP contribution in [-0.2, 0) is 13.0 Å². The molecule has 0 amide bonds. The molecule has 5 rings (SSSR count). The summed E-state index contributed by atoms with van der Waals surface area (Å²) in [5, 5.41) is 5.19. The maximum Gasteiger partial charge on any atom is 0.329 e. The average molecular weight is 467 g/mol.